The average Bonchev–Trinajstić information content (AvgIpc) is 2.97. The van der Waals surface area contributed by atoms with Crippen LogP contribution in [0, 0.1) is 11.8 Å². The van der Waals surface area contributed by atoms with Crippen LogP contribution in [0.3, 0.4) is 0 Å². The van der Waals surface area contributed by atoms with Crippen molar-refractivity contribution in [3.05, 3.63) is 36.9 Å². The fourth-order valence-electron chi connectivity index (χ4n) is 3.03. The van der Waals surface area contributed by atoms with Crippen LogP contribution in [-0.4, -0.2) is 20.8 Å². The van der Waals surface area contributed by atoms with Gasteiger partial charge in [-0.05, 0) is 43.2 Å². The first-order valence-electron chi connectivity index (χ1n) is 7.44. The third-order valence-corrected chi connectivity index (χ3v) is 4.53. The minimum Gasteiger partial charge on any atom is -0.381 e. The Bertz CT molecular complexity index is 549. The van der Waals surface area contributed by atoms with E-state index in [2.05, 4.69) is 47.4 Å². The Labute approximate surface area is 120 Å². The molecule has 0 saturated heterocycles. The molecule has 1 aromatic carbocycles. The van der Waals surface area contributed by atoms with Crippen molar-refractivity contribution >= 4 is 5.69 Å². The number of aromatic nitrogens is 3. The second-order valence-electron chi connectivity index (χ2n) is 5.97. The maximum atomic E-state index is 4.23. The highest BCUT2D eigenvalue weighted by Gasteiger charge is 2.24. The summed E-state index contributed by atoms with van der Waals surface area (Å²) in [7, 11) is 0. The van der Waals surface area contributed by atoms with Crippen LogP contribution >= 0.6 is 0 Å². The van der Waals surface area contributed by atoms with Gasteiger partial charge in [0.2, 0.25) is 0 Å². The summed E-state index contributed by atoms with van der Waals surface area (Å²) in [6.07, 6.45) is 7.11. The quantitative estimate of drug-likeness (QED) is 0.928. The molecule has 4 heteroatoms. The molecule has 1 N–H and O–H groups in total. The van der Waals surface area contributed by atoms with Gasteiger partial charge in [0.15, 0.2) is 0 Å². The number of hydrogen-bond acceptors (Lipinski definition) is 3. The molecule has 0 amide bonds. The fourth-order valence-corrected chi connectivity index (χ4v) is 3.03. The van der Waals surface area contributed by atoms with Crippen LogP contribution in [0.15, 0.2) is 36.9 Å². The van der Waals surface area contributed by atoms with Crippen LogP contribution < -0.4 is 5.32 Å². The van der Waals surface area contributed by atoms with Crippen LogP contribution in [0.1, 0.15) is 33.1 Å². The maximum Gasteiger partial charge on any atom is 0.138 e. The van der Waals surface area contributed by atoms with E-state index in [0.717, 1.165) is 23.2 Å². The summed E-state index contributed by atoms with van der Waals surface area (Å²) in [6.45, 7) is 4.73. The van der Waals surface area contributed by atoms with Gasteiger partial charge in [-0.25, -0.2) is 9.67 Å². The van der Waals surface area contributed by atoms with Crippen molar-refractivity contribution < 1.29 is 0 Å². The molecule has 3 unspecified atom stereocenters. The molecule has 1 heterocycles. The van der Waals surface area contributed by atoms with E-state index in [1.165, 1.54) is 19.3 Å². The van der Waals surface area contributed by atoms with Crippen molar-refractivity contribution in [3.63, 3.8) is 0 Å². The van der Waals surface area contributed by atoms with Gasteiger partial charge in [-0.15, -0.1) is 0 Å². The van der Waals surface area contributed by atoms with Gasteiger partial charge in [0.25, 0.3) is 0 Å². The summed E-state index contributed by atoms with van der Waals surface area (Å²) < 4.78 is 1.82. The zero-order valence-electron chi connectivity index (χ0n) is 12.2. The van der Waals surface area contributed by atoms with E-state index in [0.29, 0.717) is 6.04 Å². The van der Waals surface area contributed by atoms with Gasteiger partial charge in [-0.1, -0.05) is 26.0 Å². The molecule has 0 spiro atoms. The highest BCUT2D eigenvalue weighted by molar-refractivity contribution is 5.60. The SMILES string of the molecule is CC1CCC(Nc2ccccc2-n2cncn2)CC1C. The van der Waals surface area contributed by atoms with E-state index in [1.54, 1.807) is 12.7 Å². The largest absolute Gasteiger partial charge is 0.381 e. The molecule has 2 aromatic rings. The molecule has 1 aliphatic rings. The van der Waals surface area contributed by atoms with Gasteiger partial charge in [0.1, 0.15) is 12.7 Å². The van der Waals surface area contributed by atoms with Crippen LogP contribution in [0.5, 0.6) is 0 Å². The number of rotatable bonds is 3. The Morgan fingerprint density at radius 2 is 2.00 bits per heavy atom. The second-order valence-corrected chi connectivity index (χ2v) is 5.97. The maximum absolute atomic E-state index is 4.23. The van der Waals surface area contributed by atoms with Gasteiger partial charge < -0.3 is 5.32 Å². The van der Waals surface area contributed by atoms with Crippen LogP contribution in [0.4, 0.5) is 5.69 Å². The van der Waals surface area contributed by atoms with E-state index in [4.69, 9.17) is 0 Å². The van der Waals surface area contributed by atoms with E-state index in [1.807, 2.05) is 10.7 Å². The molecule has 1 aromatic heterocycles. The van der Waals surface area contributed by atoms with Gasteiger partial charge in [-0.3, -0.25) is 0 Å². The number of anilines is 1. The molecular formula is C16H22N4. The van der Waals surface area contributed by atoms with E-state index in [-0.39, 0.29) is 0 Å². The molecule has 3 atom stereocenters. The summed E-state index contributed by atoms with van der Waals surface area (Å²) in [5.74, 6) is 1.64. The standard InChI is InChI=1S/C16H22N4/c1-12-7-8-14(9-13(12)2)19-15-5-3-4-6-16(15)20-11-17-10-18-20/h3-6,10-14,19H,7-9H2,1-2H3. The van der Waals surface area contributed by atoms with Crippen molar-refractivity contribution in [2.75, 3.05) is 5.32 Å². The Balaban J connectivity index is 1.78. The molecule has 3 rings (SSSR count). The second kappa shape index (κ2) is 5.65. The predicted molar refractivity (Wildman–Crippen MR) is 80.9 cm³/mol. The molecule has 0 radical (unpaired) electrons. The summed E-state index contributed by atoms with van der Waals surface area (Å²) in [4.78, 5) is 4.03. The molecular weight excluding hydrogens is 248 g/mol. The first-order valence-corrected chi connectivity index (χ1v) is 7.44. The first kappa shape index (κ1) is 13.2. The van der Waals surface area contributed by atoms with Gasteiger partial charge in [0, 0.05) is 6.04 Å². The summed E-state index contributed by atoms with van der Waals surface area (Å²) in [6, 6.07) is 8.86. The highest BCUT2D eigenvalue weighted by atomic mass is 15.3. The average molecular weight is 270 g/mol. The Kier molecular flexibility index (Phi) is 3.72. The Morgan fingerprint density at radius 1 is 1.15 bits per heavy atom. The summed E-state index contributed by atoms with van der Waals surface area (Å²) in [5.41, 5.74) is 2.21. The molecule has 0 aliphatic heterocycles. The van der Waals surface area contributed by atoms with Crippen LogP contribution in [0.25, 0.3) is 5.69 Å². The van der Waals surface area contributed by atoms with E-state index < -0.39 is 0 Å². The lowest BCUT2D eigenvalue weighted by molar-refractivity contribution is 0.261. The number of nitrogens with zero attached hydrogens (tertiary/aromatic N) is 3. The molecule has 106 valence electrons. The molecule has 1 fully saturated rings. The van der Waals surface area contributed by atoms with E-state index in [9.17, 15) is 0 Å². The van der Waals surface area contributed by atoms with Crippen molar-refractivity contribution in [2.24, 2.45) is 11.8 Å². The van der Waals surface area contributed by atoms with Crippen molar-refractivity contribution in [2.45, 2.75) is 39.2 Å². The summed E-state index contributed by atoms with van der Waals surface area (Å²) >= 11 is 0. The zero-order chi connectivity index (χ0) is 13.9. The van der Waals surface area contributed by atoms with Gasteiger partial charge >= 0.3 is 0 Å². The molecule has 0 bridgehead atoms. The van der Waals surface area contributed by atoms with Gasteiger partial charge in [0.05, 0.1) is 11.4 Å². The van der Waals surface area contributed by atoms with E-state index >= 15 is 0 Å². The van der Waals surface area contributed by atoms with Crippen LogP contribution in [-0.2, 0) is 0 Å². The summed E-state index contributed by atoms with van der Waals surface area (Å²) in [5, 5.41) is 7.93. The Hall–Kier alpha value is -1.84. The lowest BCUT2D eigenvalue weighted by Crippen LogP contribution is -2.30. The number of benzene rings is 1. The minimum atomic E-state index is 0.561. The highest BCUT2D eigenvalue weighted by Crippen LogP contribution is 2.32. The number of hydrogen-bond donors (Lipinski definition) is 1. The topological polar surface area (TPSA) is 42.7 Å². The smallest absolute Gasteiger partial charge is 0.138 e. The van der Waals surface area contributed by atoms with Crippen molar-refractivity contribution in [1.29, 1.82) is 0 Å². The minimum absolute atomic E-state index is 0.561. The van der Waals surface area contributed by atoms with Crippen molar-refractivity contribution in [1.82, 2.24) is 14.8 Å². The van der Waals surface area contributed by atoms with Crippen molar-refractivity contribution in [3.8, 4) is 5.69 Å². The van der Waals surface area contributed by atoms with Gasteiger partial charge in [-0.2, -0.15) is 5.10 Å². The fraction of sp³-hybridized carbons (Fsp3) is 0.500. The first-order chi connectivity index (χ1) is 9.74. The number of nitrogens with one attached hydrogen (secondary N) is 1. The third kappa shape index (κ3) is 2.69. The predicted octanol–water partition coefficient (Wildman–Crippen LogP) is 3.50. The molecule has 4 nitrogen and oxygen atoms in total. The lowest BCUT2D eigenvalue weighted by Gasteiger charge is -2.33. The molecule has 1 aliphatic carbocycles. The monoisotopic (exact) mass is 270 g/mol. The molecule has 20 heavy (non-hydrogen) atoms. The number of para-hydroxylation sites is 2. The normalized spacial score (nSPS) is 26.4. The molecule has 1 saturated carbocycles. The third-order valence-electron chi connectivity index (χ3n) is 4.53. The Morgan fingerprint density at radius 3 is 2.75 bits per heavy atom. The lowest BCUT2D eigenvalue weighted by atomic mass is 9.79. The van der Waals surface area contributed by atoms with Crippen LogP contribution in [0.2, 0.25) is 0 Å². The zero-order valence-corrected chi connectivity index (χ0v) is 12.2.